The molecule has 0 bridgehead atoms. The summed E-state index contributed by atoms with van der Waals surface area (Å²) >= 11 is 1.40. The molecule has 0 amide bonds. The van der Waals surface area contributed by atoms with Crippen LogP contribution in [0, 0.1) is 11.6 Å². The first-order chi connectivity index (χ1) is 10.2. The average molecular weight is 313 g/mol. The summed E-state index contributed by atoms with van der Waals surface area (Å²) in [7, 11) is 0. The summed E-state index contributed by atoms with van der Waals surface area (Å²) in [5.74, 6) is -1.19. The van der Waals surface area contributed by atoms with Crippen molar-refractivity contribution in [2.75, 3.05) is 13.1 Å². The van der Waals surface area contributed by atoms with Gasteiger partial charge in [-0.2, -0.15) is 0 Å². The summed E-state index contributed by atoms with van der Waals surface area (Å²) in [5, 5.41) is 15.4. The van der Waals surface area contributed by atoms with Crippen LogP contribution < -0.4 is 5.32 Å². The lowest BCUT2D eigenvalue weighted by atomic mass is 10.2. The molecule has 0 aliphatic heterocycles. The summed E-state index contributed by atoms with van der Waals surface area (Å²) in [6.45, 7) is 4.53. The van der Waals surface area contributed by atoms with Gasteiger partial charge in [-0.1, -0.05) is 24.8 Å². The topological polar surface area (TPSA) is 55.6 Å². The molecule has 1 heterocycles. The van der Waals surface area contributed by atoms with Crippen molar-refractivity contribution in [3.05, 3.63) is 35.4 Å². The van der Waals surface area contributed by atoms with Gasteiger partial charge >= 0.3 is 0 Å². The molecule has 8 heteroatoms. The van der Waals surface area contributed by atoms with Crippen molar-refractivity contribution >= 4 is 11.8 Å². The molecular weight excluding hydrogens is 296 g/mol. The molecule has 0 unspecified atom stereocenters. The van der Waals surface area contributed by atoms with Crippen molar-refractivity contribution in [3.63, 3.8) is 0 Å². The Kier molecular flexibility index (Phi) is 6.06. The highest BCUT2D eigenvalue weighted by Gasteiger charge is 2.08. The molecule has 21 heavy (non-hydrogen) atoms. The Hall–Kier alpha value is -1.54. The quantitative estimate of drug-likeness (QED) is 0.598. The van der Waals surface area contributed by atoms with Crippen molar-refractivity contribution in [1.29, 1.82) is 0 Å². The summed E-state index contributed by atoms with van der Waals surface area (Å²) in [6, 6.07) is 3.88. The summed E-state index contributed by atoms with van der Waals surface area (Å²) in [5.41, 5.74) is 0.692. The molecule has 0 saturated heterocycles. The van der Waals surface area contributed by atoms with E-state index >= 15 is 0 Å². The minimum Gasteiger partial charge on any atom is -0.315 e. The Morgan fingerprint density at radius 2 is 2.10 bits per heavy atom. The zero-order chi connectivity index (χ0) is 15.1. The molecule has 0 aliphatic rings. The number of aromatic nitrogens is 4. The van der Waals surface area contributed by atoms with Crippen LogP contribution in [-0.4, -0.2) is 33.3 Å². The Balaban J connectivity index is 1.88. The van der Waals surface area contributed by atoms with E-state index in [2.05, 4.69) is 27.8 Å². The van der Waals surface area contributed by atoms with Gasteiger partial charge in [0.15, 0.2) is 11.6 Å². The second-order valence-corrected chi connectivity index (χ2v) is 5.41. The van der Waals surface area contributed by atoms with E-state index in [0.717, 1.165) is 25.6 Å². The van der Waals surface area contributed by atoms with E-state index in [1.165, 1.54) is 17.8 Å². The van der Waals surface area contributed by atoms with E-state index in [1.54, 1.807) is 10.7 Å². The summed E-state index contributed by atoms with van der Waals surface area (Å²) in [4.78, 5) is 0. The fraction of sp³-hybridized carbons (Fsp3) is 0.462. The Morgan fingerprint density at radius 1 is 1.24 bits per heavy atom. The van der Waals surface area contributed by atoms with E-state index in [4.69, 9.17) is 0 Å². The third-order valence-corrected chi connectivity index (χ3v) is 3.81. The van der Waals surface area contributed by atoms with Crippen LogP contribution in [-0.2, 0) is 12.3 Å². The highest BCUT2D eigenvalue weighted by Crippen LogP contribution is 2.21. The Morgan fingerprint density at radius 3 is 2.86 bits per heavy atom. The van der Waals surface area contributed by atoms with Gasteiger partial charge in [-0.25, -0.2) is 13.5 Å². The average Bonchev–Trinajstić information content (AvgIpc) is 2.92. The molecule has 0 radical (unpaired) electrons. The number of nitrogens with zero attached hydrogens (tertiary/aromatic N) is 4. The lowest BCUT2D eigenvalue weighted by molar-refractivity contribution is 0.507. The largest absolute Gasteiger partial charge is 0.315 e. The standard InChI is InChI=1S/C13H17F2N5S/c1-2-5-16-6-7-20-13(17-18-19-20)21-9-10-3-4-11(14)12(15)8-10/h3-4,8,16H,2,5-7,9H2,1H3. The van der Waals surface area contributed by atoms with Crippen molar-refractivity contribution in [2.24, 2.45) is 0 Å². The van der Waals surface area contributed by atoms with Crippen molar-refractivity contribution in [2.45, 2.75) is 30.8 Å². The van der Waals surface area contributed by atoms with Crippen LogP contribution in [0.4, 0.5) is 8.78 Å². The third-order valence-electron chi connectivity index (χ3n) is 2.78. The predicted molar refractivity (Wildman–Crippen MR) is 76.9 cm³/mol. The second kappa shape index (κ2) is 8.04. The maximum Gasteiger partial charge on any atom is 0.209 e. The molecule has 0 saturated carbocycles. The zero-order valence-electron chi connectivity index (χ0n) is 11.7. The number of hydrogen-bond acceptors (Lipinski definition) is 5. The van der Waals surface area contributed by atoms with Crippen LogP contribution in [0.5, 0.6) is 0 Å². The van der Waals surface area contributed by atoms with E-state index in [0.29, 0.717) is 23.0 Å². The van der Waals surface area contributed by atoms with Crippen LogP contribution in [0.2, 0.25) is 0 Å². The Labute approximate surface area is 126 Å². The third kappa shape index (κ3) is 4.75. The number of tetrazole rings is 1. The number of hydrogen-bond donors (Lipinski definition) is 1. The number of nitrogens with one attached hydrogen (secondary N) is 1. The lowest BCUT2D eigenvalue weighted by Crippen LogP contribution is -2.21. The van der Waals surface area contributed by atoms with Gasteiger partial charge in [0.05, 0.1) is 6.54 Å². The molecular formula is C13H17F2N5S. The van der Waals surface area contributed by atoms with Crippen LogP contribution in [0.25, 0.3) is 0 Å². The smallest absolute Gasteiger partial charge is 0.209 e. The molecule has 5 nitrogen and oxygen atoms in total. The van der Waals surface area contributed by atoms with Crippen LogP contribution in [0.15, 0.2) is 23.4 Å². The molecule has 1 N–H and O–H groups in total. The van der Waals surface area contributed by atoms with Gasteiger partial charge < -0.3 is 5.32 Å². The zero-order valence-corrected chi connectivity index (χ0v) is 12.5. The van der Waals surface area contributed by atoms with Crippen molar-refractivity contribution in [1.82, 2.24) is 25.5 Å². The van der Waals surface area contributed by atoms with Crippen LogP contribution in [0.1, 0.15) is 18.9 Å². The van der Waals surface area contributed by atoms with Gasteiger partial charge in [0, 0.05) is 12.3 Å². The minimum absolute atomic E-state index is 0.486. The molecule has 0 aliphatic carbocycles. The monoisotopic (exact) mass is 313 g/mol. The van der Waals surface area contributed by atoms with E-state index in [9.17, 15) is 8.78 Å². The molecule has 1 aromatic heterocycles. The van der Waals surface area contributed by atoms with E-state index in [1.807, 2.05) is 0 Å². The highest BCUT2D eigenvalue weighted by molar-refractivity contribution is 7.98. The normalized spacial score (nSPS) is 11.0. The van der Waals surface area contributed by atoms with Gasteiger partial charge in [0.2, 0.25) is 5.16 Å². The molecule has 114 valence electrons. The molecule has 2 rings (SSSR count). The van der Waals surface area contributed by atoms with Gasteiger partial charge in [-0.3, -0.25) is 0 Å². The van der Waals surface area contributed by atoms with Gasteiger partial charge in [0.25, 0.3) is 0 Å². The van der Waals surface area contributed by atoms with Crippen molar-refractivity contribution < 1.29 is 8.78 Å². The maximum atomic E-state index is 13.1. The fourth-order valence-corrected chi connectivity index (χ4v) is 2.55. The van der Waals surface area contributed by atoms with E-state index in [-0.39, 0.29) is 0 Å². The first-order valence-corrected chi connectivity index (χ1v) is 7.73. The van der Waals surface area contributed by atoms with Crippen molar-refractivity contribution in [3.8, 4) is 0 Å². The summed E-state index contributed by atoms with van der Waals surface area (Å²) in [6.07, 6.45) is 1.08. The van der Waals surface area contributed by atoms with E-state index < -0.39 is 11.6 Å². The number of thioether (sulfide) groups is 1. The predicted octanol–water partition coefficient (Wildman–Crippen LogP) is 2.24. The first-order valence-electron chi connectivity index (χ1n) is 6.74. The lowest BCUT2D eigenvalue weighted by Gasteiger charge is -2.05. The first kappa shape index (κ1) is 15.8. The molecule has 0 spiro atoms. The highest BCUT2D eigenvalue weighted by atomic mass is 32.2. The minimum atomic E-state index is -0.837. The number of rotatable bonds is 8. The number of benzene rings is 1. The van der Waals surface area contributed by atoms with Crippen LogP contribution >= 0.6 is 11.8 Å². The SMILES string of the molecule is CCCNCCn1nnnc1SCc1ccc(F)c(F)c1. The molecule has 1 aromatic carbocycles. The maximum absolute atomic E-state index is 13.1. The Bertz CT molecular complexity index is 575. The van der Waals surface area contributed by atoms with Gasteiger partial charge in [0.1, 0.15) is 0 Å². The second-order valence-electron chi connectivity index (χ2n) is 4.47. The van der Waals surface area contributed by atoms with Crippen LogP contribution in [0.3, 0.4) is 0 Å². The summed E-state index contributed by atoms with van der Waals surface area (Å²) < 4.78 is 27.7. The van der Waals surface area contributed by atoms with Gasteiger partial charge in [-0.15, -0.1) is 5.10 Å². The molecule has 0 atom stereocenters. The molecule has 0 fully saturated rings. The number of halogens is 2. The van der Waals surface area contributed by atoms with Gasteiger partial charge in [-0.05, 0) is 41.1 Å². The molecule has 2 aromatic rings. The fourth-order valence-electron chi connectivity index (χ4n) is 1.70.